The second-order valence-corrected chi connectivity index (χ2v) is 8.31. The number of benzene rings is 3. The molecule has 166 valence electrons. The molecule has 0 atom stereocenters. The summed E-state index contributed by atoms with van der Waals surface area (Å²) in [5.41, 5.74) is 6.58. The van der Waals surface area contributed by atoms with E-state index in [9.17, 15) is 14.4 Å². The zero-order valence-electron chi connectivity index (χ0n) is 19.0. The van der Waals surface area contributed by atoms with Gasteiger partial charge in [0.25, 0.3) is 11.8 Å². The molecule has 5 heteroatoms. The molecule has 0 spiro atoms. The van der Waals surface area contributed by atoms with Crippen molar-refractivity contribution in [2.75, 3.05) is 4.90 Å². The van der Waals surface area contributed by atoms with Crippen LogP contribution in [0.1, 0.15) is 40.3 Å². The van der Waals surface area contributed by atoms with E-state index in [4.69, 9.17) is 0 Å². The second-order valence-electron chi connectivity index (χ2n) is 8.31. The number of hydrogen-bond acceptors (Lipinski definition) is 3. The highest BCUT2D eigenvalue weighted by Crippen LogP contribution is 2.27. The number of carbonyl (C=O) groups is 3. The van der Waals surface area contributed by atoms with Crippen LogP contribution in [0.3, 0.4) is 0 Å². The maximum absolute atomic E-state index is 13.4. The molecule has 4 amide bonds. The Kier molecular flexibility index (Phi) is 6.22. The fourth-order valence-electron chi connectivity index (χ4n) is 4.29. The summed E-state index contributed by atoms with van der Waals surface area (Å²) < 4.78 is 0. The van der Waals surface area contributed by atoms with Gasteiger partial charge in [0.05, 0.1) is 5.69 Å². The van der Waals surface area contributed by atoms with Crippen LogP contribution in [0.5, 0.6) is 0 Å². The molecule has 33 heavy (non-hydrogen) atoms. The average Bonchev–Trinajstić information content (AvgIpc) is 2.77. The first-order valence-electron chi connectivity index (χ1n) is 11.0. The number of nitrogens with zero attached hydrogens (tertiary/aromatic N) is 1. The molecule has 3 aromatic carbocycles. The van der Waals surface area contributed by atoms with E-state index >= 15 is 0 Å². The number of rotatable bonds is 5. The standard InChI is InChI=1S/C28H26N2O3/c1-4-21-9-7-8-12-25(21)30-27(32)24(26(31)29-28(30)33)17-23-11-6-5-10-22(23)16-20-14-18(2)13-19(3)15-20/h5-15,17H,4,16H2,1-3H3,(H,29,31,33)/b24-17-. The SMILES string of the molecule is CCc1ccccc1N1C(=O)NC(=O)/C(=C/c2ccccc2Cc2cc(C)cc(C)c2)C1=O. The van der Waals surface area contributed by atoms with E-state index in [0.29, 0.717) is 18.5 Å². The monoisotopic (exact) mass is 438 g/mol. The summed E-state index contributed by atoms with van der Waals surface area (Å²) in [5.74, 6) is -1.30. The molecule has 1 N–H and O–H groups in total. The summed E-state index contributed by atoms with van der Waals surface area (Å²) in [6.45, 7) is 6.08. The quantitative estimate of drug-likeness (QED) is 0.444. The number of aryl methyl sites for hydroxylation is 3. The van der Waals surface area contributed by atoms with Gasteiger partial charge in [0.1, 0.15) is 5.57 Å². The molecule has 0 saturated carbocycles. The molecule has 4 rings (SSSR count). The van der Waals surface area contributed by atoms with Crippen molar-refractivity contribution >= 4 is 29.6 Å². The molecule has 1 fully saturated rings. The normalized spacial score (nSPS) is 15.2. The van der Waals surface area contributed by atoms with Crippen molar-refractivity contribution in [1.29, 1.82) is 0 Å². The number of para-hydroxylation sites is 1. The lowest BCUT2D eigenvalue weighted by Gasteiger charge is -2.28. The number of imide groups is 2. The molecule has 3 aromatic rings. The van der Waals surface area contributed by atoms with Crippen molar-refractivity contribution in [1.82, 2.24) is 5.32 Å². The predicted molar refractivity (Wildman–Crippen MR) is 130 cm³/mol. The van der Waals surface area contributed by atoms with Crippen molar-refractivity contribution in [3.63, 3.8) is 0 Å². The molecule has 0 radical (unpaired) electrons. The fraction of sp³-hybridized carbons (Fsp3) is 0.179. The lowest BCUT2D eigenvalue weighted by Crippen LogP contribution is -2.54. The van der Waals surface area contributed by atoms with Crippen LogP contribution in [0.4, 0.5) is 10.5 Å². The summed E-state index contributed by atoms with van der Waals surface area (Å²) in [6, 6.07) is 20.6. The van der Waals surface area contributed by atoms with Crippen LogP contribution in [0.25, 0.3) is 6.08 Å². The van der Waals surface area contributed by atoms with Gasteiger partial charge in [-0.25, -0.2) is 9.69 Å². The average molecular weight is 439 g/mol. The summed E-state index contributed by atoms with van der Waals surface area (Å²) in [6.07, 6.45) is 2.90. The number of barbiturate groups is 1. The Morgan fingerprint density at radius 1 is 0.848 bits per heavy atom. The van der Waals surface area contributed by atoms with Gasteiger partial charge < -0.3 is 0 Å². The minimum Gasteiger partial charge on any atom is -0.273 e. The van der Waals surface area contributed by atoms with E-state index in [-0.39, 0.29) is 5.57 Å². The molecule has 0 bridgehead atoms. The minimum absolute atomic E-state index is 0.0617. The van der Waals surface area contributed by atoms with E-state index in [0.717, 1.165) is 27.2 Å². The molecular formula is C28H26N2O3. The third kappa shape index (κ3) is 4.62. The first kappa shape index (κ1) is 22.2. The Bertz CT molecular complexity index is 1270. The van der Waals surface area contributed by atoms with Gasteiger partial charge in [0, 0.05) is 0 Å². The summed E-state index contributed by atoms with van der Waals surface area (Å²) in [7, 11) is 0. The molecule has 1 aliphatic rings. The molecule has 1 heterocycles. The van der Waals surface area contributed by atoms with Gasteiger partial charge in [-0.05, 0) is 61.1 Å². The fourth-order valence-corrected chi connectivity index (χ4v) is 4.29. The summed E-state index contributed by atoms with van der Waals surface area (Å²) >= 11 is 0. The van der Waals surface area contributed by atoms with Gasteiger partial charge in [-0.1, -0.05) is 78.7 Å². The van der Waals surface area contributed by atoms with Crippen LogP contribution < -0.4 is 10.2 Å². The largest absolute Gasteiger partial charge is 0.335 e. The van der Waals surface area contributed by atoms with E-state index in [2.05, 4.69) is 37.4 Å². The molecule has 1 saturated heterocycles. The number of urea groups is 1. The number of amides is 4. The predicted octanol–water partition coefficient (Wildman–Crippen LogP) is 5.12. The van der Waals surface area contributed by atoms with Gasteiger partial charge in [-0.3, -0.25) is 14.9 Å². The molecule has 0 aliphatic carbocycles. The van der Waals surface area contributed by atoms with E-state index in [1.807, 2.05) is 43.3 Å². The lowest BCUT2D eigenvalue weighted by molar-refractivity contribution is -0.122. The topological polar surface area (TPSA) is 66.5 Å². The van der Waals surface area contributed by atoms with Gasteiger partial charge in [-0.2, -0.15) is 0 Å². The highest BCUT2D eigenvalue weighted by atomic mass is 16.2. The van der Waals surface area contributed by atoms with Crippen molar-refractivity contribution < 1.29 is 14.4 Å². The van der Waals surface area contributed by atoms with Crippen LogP contribution in [0.15, 0.2) is 72.3 Å². The maximum Gasteiger partial charge on any atom is 0.335 e. The molecule has 1 aliphatic heterocycles. The van der Waals surface area contributed by atoms with Gasteiger partial charge in [0.15, 0.2) is 0 Å². The van der Waals surface area contributed by atoms with Crippen molar-refractivity contribution in [3.8, 4) is 0 Å². The third-order valence-electron chi connectivity index (χ3n) is 5.75. The zero-order valence-corrected chi connectivity index (χ0v) is 19.0. The molecule has 0 aromatic heterocycles. The number of nitrogens with one attached hydrogen (secondary N) is 1. The second kappa shape index (κ2) is 9.25. The van der Waals surface area contributed by atoms with E-state index < -0.39 is 17.8 Å². The number of hydrogen-bond donors (Lipinski definition) is 1. The summed E-state index contributed by atoms with van der Waals surface area (Å²) in [4.78, 5) is 39.7. The van der Waals surface area contributed by atoms with Crippen LogP contribution in [-0.2, 0) is 22.4 Å². The summed E-state index contributed by atoms with van der Waals surface area (Å²) in [5, 5.41) is 2.32. The molecule has 0 unspecified atom stereocenters. The first-order valence-corrected chi connectivity index (χ1v) is 11.0. The molecular weight excluding hydrogens is 412 g/mol. The van der Waals surface area contributed by atoms with Crippen molar-refractivity contribution in [2.45, 2.75) is 33.6 Å². The first-order chi connectivity index (χ1) is 15.9. The van der Waals surface area contributed by atoms with E-state index in [1.165, 1.54) is 11.1 Å². The van der Waals surface area contributed by atoms with Crippen LogP contribution in [-0.4, -0.2) is 17.8 Å². The number of anilines is 1. The lowest BCUT2D eigenvalue weighted by atomic mass is 9.95. The Morgan fingerprint density at radius 2 is 1.48 bits per heavy atom. The third-order valence-corrected chi connectivity index (χ3v) is 5.75. The van der Waals surface area contributed by atoms with Crippen molar-refractivity contribution in [3.05, 3.63) is 106 Å². The highest BCUT2D eigenvalue weighted by Gasteiger charge is 2.37. The Balaban J connectivity index is 1.73. The Hall–Kier alpha value is -3.99. The molecule has 5 nitrogen and oxygen atoms in total. The highest BCUT2D eigenvalue weighted by molar-refractivity contribution is 6.39. The van der Waals surface area contributed by atoms with Gasteiger partial charge >= 0.3 is 6.03 Å². The smallest absolute Gasteiger partial charge is 0.273 e. The maximum atomic E-state index is 13.4. The van der Waals surface area contributed by atoms with Crippen LogP contribution >= 0.6 is 0 Å². The Morgan fingerprint density at radius 3 is 2.18 bits per heavy atom. The number of carbonyl (C=O) groups excluding carboxylic acids is 3. The minimum atomic E-state index is -0.730. The van der Waals surface area contributed by atoms with Crippen LogP contribution in [0, 0.1) is 13.8 Å². The zero-order chi connectivity index (χ0) is 23.5. The van der Waals surface area contributed by atoms with Crippen LogP contribution in [0.2, 0.25) is 0 Å². The Labute approximate surface area is 193 Å². The van der Waals surface area contributed by atoms with Gasteiger partial charge in [-0.15, -0.1) is 0 Å². The van der Waals surface area contributed by atoms with E-state index in [1.54, 1.807) is 18.2 Å². The van der Waals surface area contributed by atoms with Gasteiger partial charge in [0.2, 0.25) is 0 Å². The van der Waals surface area contributed by atoms with Crippen molar-refractivity contribution in [2.24, 2.45) is 0 Å².